The standard InChI is InChI=1S/C12H10O3/c13-9-1-2-10-3-5-11(6-4-10)7-8-12(14)15/h3-6,9H,7-8H2,(H,14,15). The van der Waals surface area contributed by atoms with Crippen molar-refractivity contribution in [2.75, 3.05) is 0 Å². The van der Waals surface area contributed by atoms with Crippen LogP contribution in [0.25, 0.3) is 0 Å². The Morgan fingerprint density at radius 3 is 2.53 bits per heavy atom. The van der Waals surface area contributed by atoms with Crippen LogP contribution in [0.15, 0.2) is 24.3 Å². The second-order valence-corrected chi connectivity index (χ2v) is 2.98. The van der Waals surface area contributed by atoms with Gasteiger partial charge in [0.2, 0.25) is 0 Å². The Bertz CT molecular complexity index is 407. The van der Waals surface area contributed by atoms with Gasteiger partial charge in [-0.15, -0.1) is 0 Å². The van der Waals surface area contributed by atoms with Gasteiger partial charge >= 0.3 is 5.97 Å². The van der Waals surface area contributed by atoms with Gasteiger partial charge in [0, 0.05) is 12.0 Å². The Morgan fingerprint density at radius 2 is 2.00 bits per heavy atom. The van der Waals surface area contributed by atoms with E-state index in [0.717, 1.165) is 11.1 Å². The first kappa shape index (κ1) is 11.0. The van der Waals surface area contributed by atoms with Crippen molar-refractivity contribution < 1.29 is 14.7 Å². The van der Waals surface area contributed by atoms with Crippen molar-refractivity contribution in [2.24, 2.45) is 0 Å². The van der Waals surface area contributed by atoms with Crippen LogP contribution in [0.4, 0.5) is 0 Å². The Morgan fingerprint density at radius 1 is 1.33 bits per heavy atom. The Labute approximate surface area is 87.7 Å². The molecule has 0 spiro atoms. The fourth-order valence-corrected chi connectivity index (χ4v) is 1.12. The molecular formula is C12H10O3. The summed E-state index contributed by atoms with van der Waals surface area (Å²) in [6.07, 6.45) is 1.18. The van der Waals surface area contributed by atoms with E-state index in [-0.39, 0.29) is 6.42 Å². The van der Waals surface area contributed by atoms with Crippen LogP contribution < -0.4 is 0 Å². The van der Waals surface area contributed by atoms with Gasteiger partial charge < -0.3 is 5.11 Å². The molecule has 0 aromatic heterocycles. The third-order valence-corrected chi connectivity index (χ3v) is 1.86. The van der Waals surface area contributed by atoms with Gasteiger partial charge in [-0.25, -0.2) is 0 Å². The number of aliphatic carboxylic acids is 1. The maximum Gasteiger partial charge on any atom is 0.303 e. The summed E-state index contributed by atoms with van der Waals surface area (Å²) in [6, 6.07) is 7.18. The second kappa shape index (κ2) is 5.61. The molecule has 0 aliphatic carbocycles. The molecule has 1 aromatic rings. The molecule has 0 bridgehead atoms. The minimum atomic E-state index is -0.806. The molecule has 15 heavy (non-hydrogen) atoms. The highest BCUT2D eigenvalue weighted by atomic mass is 16.4. The Balaban J connectivity index is 2.63. The molecule has 0 unspecified atom stereocenters. The number of hydrogen-bond acceptors (Lipinski definition) is 2. The van der Waals surface area contributed by atoms with Crippen molar-refractivity contribution in [3.05, 3.63) is 35.4 Å². The van der Waals surface area contributed by atoms with Crippen molar-refractivity contribution in [1.82, 2.24) is 0 Å². The van der Waals surface area contributed by atoms with Crippen LogP contribution in [0.2, 0.25) is 0 Å². The first-order chi connectivity index (χ1) is 7.22. The molecular weight excluding hydrogens is 192 g/mol. The van der Waals surface area contributed by atoms with Gasteiger partial charge in [-0.1, -0.05) is 18.1 Å². The van der Waals surface area contributed by atoms with E-state index in [0.29, 0.717) is 12.7 Å². The molecule has 1 rings (SSSR count). The lowest BCUT2D eigenvalue weighted by Crippen LogP contribution is -1.97. The van der Waals surface area contributed by atoms with E-state index < -0.39 is 5.97 Å². The minimum absolute atomic E-state index is 0.124. The fourth-order valence-electron chi connectivity index (χ4n) is 1.12. The van der Waals surface area contributed by atoms with E-state index in [1.54, 1.807) is 12.1 Å². The van der Waals surface area contributed by atoms with Crippen molar-refractivity contribution in [1.29, 1.82) is 0 Å². The summed E-state index contributed by atoms with van der Waals surface area (Å²) in [5.74, 6) is 4.16. The predicted molar refractivity (Wildman–Crippen MR) is 55.3 cm³/mol. The Hall–Kier alpha value is -2.08. The van der Waals surface area contributed by atoms with Gasteiger partial charge in [-0.3, -0.25) is 9.59 Å². The first-order valence-electron chi connectivity index (χ1n) is 4.48. The van der Waals surface area contributed by atoms with Gasteiger partial charge in [-0.05, 0) is 30.0 Å². The predicted octanol–water partition coefficient (Wildman–Crippen LogP) is 1.25. The summed E-state index contributed by atoms with van der Waals surface area (Å²) in [5, 5.41) is 8.48. The largest absolute Gasteiger partial charge is 0.481 e. The first-order valence-corrected chi connectivity index (χ1v) is 4.48. The van der Waals surface area contributed by atoms with Crippen LogP contribution in [0.5, 0.6) is 0 Å². The third kappa shape index (κ3) is 4.10. The zero-order valence-electron chi connectivity index (χ0n) is 8.06. The lowest BCUT2D eigenvalue weighted by atomic mass is 10.1. The maximum atomic E-state index is 10.3. The number of rotatable bonds is 3. The van der Waals surface area contributed by atoms with E-state index in [2.05, 4.69) is 11.8 Å². The zero-order chi connectivity index (χ0) is 11.1. The number of aldehydes is 1. The number of benzene rings is 1. The third-order valence-electron chi connectivity index (χ3n) is 1.86. The zero-order valence-corrected chi connectivity index (χ0v) is 8.06. The van der Waals surface area contributed by atoms with Crippen LogP contribution in [0.1, 0.15) is 17.5 Å². The molecule has 0 atom stereocenters. The SMILES string of the molecule is O=CC#Cc1ccc(CCC(=O)O)cc1. The van der Waals surface area contributed by atoms with Gasteiger partial charge in [0.1, 0.15) is 0 Å². The van der Waals surface area contributed by atoms with Crippen LogP contribution in [0.3, 0.4) is 0 Å². The number of hydrogen-bond donors (Lipinski definition) is 1. The second-order valence-electron chi connectivity index (χ2n) is 2.98. The summed E-state index contributed by atoms with van der Waals surface area (Å²) in [6.45, 7) is 0. The molecule has 0 aliphatic heterocycles. The van der Waals surface area contributed by atoms with E-state index in [9.17, 15) is 9.59 Å². The molecule has 1 aromatic carbocycles. The molecule has 0 amide bonds. The summed E-state index contributed by atoms with van der Waals surface area (Å²) in [4.78, 5) is 20.3. The summed E-state index contributed by atoms with van der Waals surface area (Å²) >= 11 is 0. The number of carboxylic acids is 1. The van der Waals surface area contributed by atoms with Gasteiger partial charge in [0.25, 0.3) is 0 Å². The van der Waals surface area contributed by atoms with Gasteiger partial charge in [0.15, 0.2) is 6.29 Å². The molecule has 0 saturated heterocycles. The van der Waals surface area contributed by atoms with E-state index in [4.69, 9.17) is 5.11 Å². The lowest BCUT2D eigenvalue weighted by molar-refractivity contribution is -0.136. The van der Waals surface area contributed by atoms with Crippen LogP contribution in [-0.2, 0) is 16.0 Å². The average Bonchev–Trinajstić information content (AvgIpc) is 2.25. The molecule has 0 fully saturated rings. The highest BCUT2D eigenvalue weighted by molar-refractivity contribution is 5.73. The molecule has 0 radical (unpaired) electrons. The molecule has 0 saturated carbocycles. The molecule has 0 aliphatic rings. The summed E-state index contributed by atoms with van der Waals surface area (Å²) in [5.41, 5.74) is 1.70. The fraction of sp³-hybridized carbons (Fsp3) is 0.167. The lowest BCUT2D eigenvalue weighted by Gasteiger charge is -1.98. The molecule has 3 heteroatoms. The van der Waals surface area contributed by atoms with E-state index in [1.165, 1.54) is 0 Å². The number of aryl methyl sites for hydroxylation is 1. The smallest absolute Gasteiger partial charge is 0.303 e. The van der Waals surface area contributed by atoms with Gasteiger partial charge in [0.05, 0.1) is 0 Å². The quantitative estimate of drug-likeness (QED) is 0.593. The van der Waals surface area contributed by atoms with Crippen LogP contribution in [-0.4, -0.2) is 17.4 Å². The van der Waals surface area contributed by atoms with Crippen molar-refractivity contribution in [3.8, 4) is 11.8 Å². The van der Waals surface area contributed by atoms with Crippen LogP contribution in [0, 0.1) is 11.8 Å². The summed E-state index contributed by atoms with van der Waals surface area (Å²) in [7, 11) is 0. The minimum Gasteiger partial charge on any atom is -0.481 e. The number of carbonyl (C=O) groups is 2. The topological polar surface area (TPSA) is 54.4 Å². The van der Waals surface area contributed by atoms with Crippen molar-refractivity contribution >= 4 is 12.3 Å². The summed E-state index contributed by atoms with van der Waals surface area (Å²) < 4.78 is 0. The van der Waals surface area contributed by atoms with Crippen molar-refractivity contribution in [2.45, 2.75) is 12.8 Å². The molecule has 3 nitrogen and oxygen atoms in total. The molecule has 0 heterocycles. The highest BCUT2D eigenvalue weighted by Crippen LogP contribution is 2.05. The van der Waals surface area contributed by atoms with Crippen molar-refractivity contribution in [3.63, 3.8) is 0 Å². The van der Waals surface area contributed by atoms with Gasteiger partial charge in [-0.2, -0.15) is 0 Å². The number of carbonyl (C=O) groups excluding carboxylic acids is 1. The van der Waals surface area contributed by atoms with E-state index in [1.807, 2.05) is 12.1 Å². The average molecular weight is 202 g/mol. The normalized spacial score (nSPS) is 8.80. The highest BCUT2D eigenvalue weighted by Gasteiger charge is 1.98. The monoisotopic (exact) mass is 202 g/mol. The number of carboxylic acid groups (broad SMARTS) is 1. The molecule has 1 N–H and O–H groups in total. The molecule has 76 valence electrons. The Kier molecular flexibility index (Phi) is 4.11. The van der Waals surface area contributed by atoms with E-state index >= 15 is 0 Å². The van der Waals surface area contributed by atoms with Crippen LogP contribution >= 0.6 is 0 Å². The maximum absolute atomic E-state index is 10.3.